The molecule has 1 fully saturated rings. The number of ether oxygens (including phenoxy) is 1. The van der Waals surface area contributed by atoms with Gasteiger partial charge in [0.1, 0.15) is 11.6 Å². The Morgan fingerprint density at radius 1 is 1.35 bits per heavy atom. The SMILES string of the molecule is Fc1cc(OCCCCNC2CC2)ccc1Br. The van der Waals surface area contributed by atoms with Crippen LogP contribution >= 0.6 is 15.9 Å². The van der Waals surface area contributed by atoms with Crippen LogP contribution in [0.2, 0.25) is 0 Å². The lowest BCUT2D eigenvalue weighted by Crippen LogP contribution is -2.17. The summed E-state index contributed by atoms with van der Waals surface area (Å²) in [6, 6.07) is 5.62. The first-order chi connectivity index (χ1) is 8.25. The number of nitrogens with one attached hydrogen (secondary N) is 1. The van der Waals surface area contributed by atoms with Crippen molar-refractivity contribution >= 4 is 15.9 Å². The maximum atomic E-state index is 13.2. The molecule has 17 heavy (non-hydrogen) atoms. The van der Waals surface area contributed by atoms with Gasteiger partial charge in [-0.15, -0.1) is 0 Å². The number of halogens is 2. The van der Waals surface area contributed by atoms with Crippen LogP contribution in [0.4, 0.5) is 4.39 Å². The van der Waals surface area contributed by atoms with E-state index in [1.54, 1.807) is 12.1 Å². The Morgan fingerprint density at radius 3 is 2.88 bits per heavy atom. The molecular weight excluding hydrogens is 285 g/mol. The van der Waals surface area contributed by atoms with E-state index in [1.807, 2.05) is 0 Å². The maximum absolute atomic E-state index is 13.2. The second kappa shape index (κ2) is 6.36. The fourth-order valence-corrected chi connectivity index (χ4v) is 1.82. The first kappa shape index (κ1) is 12.8. The smallest absolute Gasteiger partial charge is 0.141 e. The van der Waals surface area contributed by atoms with Gasteiger partial charge in [0.05, 0.1) is 11.1 Å². The van der Waals surface area contributed by atoms with Gasteiger partial charge < -0.3 is 10.1 Å². The number of benzene rings is 1. The van der Waals surface area contributed by atoms with Crippen LogP contribution in [0.1, 0.15) is 25.7 Å². The molecule has 0 amide bonds. The molecule has 1 saturated carbocycles. The van der Waals surface area contributed by atoms with Gasteiger partial charge in [-0.2, -0.15) is 0 Å². The molecule has 1 aromatic rings. The Bertz CT molecular complexity index is 368. The molecule has 4 heteroatoms. The summed E-state index contributed by atoms with van der Waals surface area (Å²) in [5.41, 5.74) is 0. The molecule has 0 bridgehead atoms. The van der Waals surface area contributed by atoms with Crippen LogP contribution in [0.3, 0.4) is 0 Å². The van der Waals surface area contributed by atoms with Crippen molar-refractivity contribution in [1.29, 1.82) is 0 Å². The first-order valence-electron chi connectivity index (χ1n) is 6.07. The molecule has 0 aliphatic heterocycles. The highest BCUT2D eigenvalue weighted by atomic mass is 79.9. The van der Waals surface area contributed by atoms with E-state index in [1.165, 1.54) is 18.9 Å². The molecule has 1 aromatic carbocycles. The predicted octanol–water partition coefficient (Wildman–Crippen LogP) is 3.50. The van der Waals surface area contributed by atoms with Crippen LogP contribution in [-0.4, -0.2) is 19.2 Å². The molecule has 0 heterocycles. The molecule has 2 nitrogen and oxygen atoms in total. The van der Waals surface area contributed by atoms with Crippen LogP contribution in [0, 0.1) is 5.82 Å². The molecular formula is C13H17BrFNO. The van der Waals surface area contributed by atoms with Gasteiger partial charge in [-0.25, -0.2) is 4.39 Å². The minimum Gasteiger partial charge on any atom is -0.493 e. The average molecular weight is 302 g/mol. The van der Waals surface area contributed by atoms with E-state index in [0.29, 0.717) is 16.8 Å². The van der Waals surface area contributed by atoms with Crippen molar-refractivity contribution in [2.24, 2.45) is 0 Å². The zero-order valence-corrected chi connectivity index (χ0v) is 11.3. The van der Waals surface area contributed by atoms with Crippen LogP contribution < -0.4 is 10.1 Å². The molecule has 2 rings (SSSR count). The summed E-state index contributed by atoms with van der Waals surface area (Å²) in [7, 11) is 0. The maximum Gasteiger partial charge on any atom is 0.141 e. The Hall–Kier alpha value is -0.610. The normalized spacial score (nSPS) is 14.9. The van der Waals surface area contributed by atoms with Crippen molar-refractivity contribution in [2.45, 2.75) is 31.7 Å². The van der Waals surface area contributed by atoms with Gasteiger partial charge in [-0.05, 0) is 60.3 Å². The van der Waals surface area contributed by atoms with Gasteiger partial charge in [-0.3, -0.25) is 0 Å². The van der Waals surface area contributed by atoms with Gasteiger partial charge >= 0.3 is 0 Å². The van der Waals surface area contributed by atoms with Gasteiger partial charge in [0.2, 0.25) is 0 Å². The molecule has 94 valence electrons. The number of rotatable bonds is 7. The molecule has 1 aliphatic rings. The van der Waals surface area contributed by atoms with E-state index >= 15 is 0 Å². The minimum atomic E-state index is -0.280. The summed E-state index contributed by atoms with van der Waals surface area (Å²) in [6.07, 6.45) is 4.76. The third kappa shape index (κ3) is 4.64. The lowest BCUT2D eigenvalue weighted by molar-refractivity contribution is 0.304. The lowest BCUT2D eigenvalue weighted by Gasteiger charge is -2.07. The Kier molecular flexibility index (Phi) is 4.80. The molecule has 0 radical (unpaired) electrons. The van der Waals surface area contributed by atoms with Crippen molar-refractivity contribution in [3.05, 3.63) is 28.5 Å². The van der Waals surface area contributed by atoms with E-state index in [9.17, 15) is 4.39 Å². The highest BCUT2D eigenvalue weighted by Crippen LogP contribution is 2.21. The highest BCUT2D eigenvalue weighted by Gasteiger charge is 2.19. The number of hydrogen-bond acceptors (Lipinski definition) is 2. The minimum absolute atomic E-state index is 0.280. The van der Waals surface area contributed by atoms with Crippen LogP contribution in [0.15, 0.2) is 22.7 Å². The van der Waals surface area contributed by atoms with E-state index in [4.69, 9.17) is 4.74 Å². The fourth-order valence-electron chi connectivity index (χ4n) is 1.58. The standard InChI is InChI=1S/C13H17BrFNO/c14-12-6-5-11(9-13(12)15)17-8-2-1-7-16-10-3-4-10/h5-6,9-10,16H,1-4,7-8H2. The second-order valence-corrected chi connectivity index (χ2v) is 5.21. The fraction of sp³-hybridized carbons (Fsp3) is 0.538. The third-order valence-electron chi connectivity index (χ3n) is 2.74. The predicted molar refractivity (Wildman–Crippen MR) is 69.9 cm³/mol. The summed E-state index contributed by atoms with van der Waals surface area (Å²) in [6.45, 7) is 1.70. The molecule has 0 spiro atoms. The molecule has 0 atom stereocenters. The third-order valence-corrected chi connectivity index (χ3v) is 3.38. The zero-order chi connectivity index (χ0) is 12.1. The lowest BCUT2D eigenvalue weighted by atomic mass is 10.3. The summed E-state index contributed by atoms with van der Waals surface area (Å²) in [5.74, 6) is 0.318. The van der Waals surface area contributed by atoms with E-state index < -0.39 is 0 Å². The summed E-state index contributed by atoms with van der Waals surface area (Å²) in [4.78, 5) is 0. The summed E-state index contributed by atoms with van der Waals surface area (Å²) < 4.78 is 19.1. The quantitative estimate of drug-likeness (QED) is 0.778. The average Bonchev–Trinajstić information content (AvgIpc) is 3.12. The summed E-state index contributed by atoms with van der Waals surface area (Å²) in [5, 5.41) is 3.45. The zero-order valence-electron chi connectivity index (χ0n) is 9.72. The molecule has 1 aliphatic carbocycles. The van der Waals surface area contributed by atoms with E-state index in [0.717, 1.165) is 25.4 Å². The van der Waals surface area contributed by atoms with Gasteiger partial charge in [0.25, 0.3) is 0 Å². The van der Waals surface area contributed by atoms with E-state index in [2.05, 4.69) is 21.2 Å². The topological polar surface area (TPSA) is 21.3 Å². The molecule has 0 unspecified atom stereocenters. The Morgan fingerprint density at radius 2 is 2.18 bits per heavy atom. The number of hydrogen-bond donors (Lipinski definition) is 1. The number of unbranched alkanes of at least 4 members (excludes halogenated alkanes) is 1. The van der Waals surface area contributed by atoms with Crippen molar-refractivity contribution in [2.75, 3.05) is 13.2 Å². The Balaban J connectivity index is 1.58. The molecule has 1 N–H and O–H groups in total. The van der Waals surface area contributed by atoms with Crippen LogP contribution in [0.25, 0.3) is 0 Å². The van der Waals surface area contributed by atoms with Crippen molar-refractivity contribution in [3.63, 3.8) is 0 Å². The first-order valence-corrected chi connectivity index (χ1v) is 6.86. The highest BCUT2D eigenvalue weighted by molar-refractivity contribution is 9.10. The molecule has 0 saturated heterocycles. The van der Waals surface area contributed by atoms with E-state index in [-0.39, 0.29) is 5.82 Å². The second-order valence-electron chi connectivity index (χ2n) is 4.36. The van der Waals surface area contributed by atoms with Crippen molar-refractivity contribution in [1.82, 2.24) is 5.32 Å². The van der Waals surface area contributed by atoms with Crippen LogP contribution in [-0.2, 0) is 0 Å². The van der Waals surface area contributed by atoms with Gasteiger partial charge in [0, 0.05) is 12.1 Å². The van der Waals surface area contributed by atoms with Gasteiger partial charge in [-0.1, -0.05) is 0 Å². The summed E-state index contributed by atoms with van der Waals surface area (Å²) >= 11 is 3.11. The van der Waals surface area contributed by atoms with Gasteiger partial charge in [0.15, 0.2) is 0 Å². The monoisotopic (exact) mass is 301 g/mol. The van der Waals surface area contributed by atoms with Crippen molar-refractivity contribution < 1.29 is 9.13 Å². The molecule has 0 aromatic heterocycles. The van der Waals surface area contributed by atoms with Crippen molar-refractivity contribution in [3.8, 4) is 5.75 Å². The largest absolute Gasteiger partial charge is 0.493 e. The Labute approximate surface area is 110 Å². The van der Waals surface area contributed by atoms with Crippen LogP contribution in [0.5, 0.6) is 5.75 Å².